The van der Waals surface area contributed by atoms with Gasteiger partial charge in [0.1, 0.15) is 27.9 Å². The van der Waals surface area contributed by atoms with Gasteiger partial charge >= 0.3 is 0 Å². The van der Waals surface area contributed by atoms with Crippen molar-refractivity contribution in [1.82, 2.24) is 4.31 Å². The lowest BCUT2D eigenvalue weighted by Gasteiger charge is -2.26. The van der Waals surface area contributed by atoms with Crippen molar-refractivity contribution in [3.63, 3.8) is 0 Å². The van der Waals surface area contributed by atoms with E-state index in [1.165, 1.54) is 4.31 Å². The minimum absolute atomic E-state index is 0.127. The van der Waals surface area contributed by atoms with Gasteiger partial charge in [-0.1, -0.05) is 0 Å². The molecule has 0 spiro atoms. The van der Waals surface area contributed by atoms with Crippen LogP contribution in [0, 0.1) is 0 Å². The molecule has 0 aliphatic carbocycles. The molecule has 2 aromatic rings. The second-order valence-corrected chi connectivity index (χ2v) is 9.47. The van der Waals surface area contributed by atoms with E-state index in [9.17, 15) is 8.42 Å². The van der Waals surface area contributed by atoms with Crippen LogP contribution in [0.4, 0.5) is 0 Å². The number of methoxy groups -OCH3 is 2. The summed E-state index contributed by atoms with van der Waals surface area (Å²) < 4.78 is 50.8. The summed E-state index contributed by atoms with van der Waals surface area (Å²) in [5.74, 6) is 2.79. The average molecular weight is 454 g/mol. The van der Waals surface area contributed by atoms with E-state index < -0.39 is 15.4 Å². The van der Waals surface area contributed by atoms with E-state index in [-0.39, 0.29) is 10.6 Å². The molecule has 0 amide bonds. The third-order valence-electron chi connectivity index (χ3n) is 4.66. The van der Waals surface area contributed by atoms with Gasteiger partial charge in [-0.3, -0.25) is 0 Å². The molecular formula is C21H27NO6S2. The van der Waals surface area contributed by atoms with Crippen LogP contribution in [0.15, 0.2) is 41.3 Å². The molecule has 164 valence electrons. The fourth-order valence-corrected chi connectivity index (χ4v) is 6.69. The normalized spacial score (nSPS) is 17.0. The zero-order valence-electron chi connectivity index (χ0n) is 17.6. The molecule has 0 aromatic heterocycles. The van der Waals surface area contributed by atoms with Gasteiger partial charge in [0.25, 0.3) is 0 Å². The first-order valence-electron chi connectivity index (χ1n) is 9.71. The molecule has 30 heavy (non-hydrogen) atoms. The molecule has 0 bridgehead atoms. The Bertz CT molecular complexity index is 979. The number of rotatable bonds is 9. The molecule has 1 aliphatic heterocycles. The molecule has 1 aliphatic rings. The Kier molecular flexibility index (Phi) is 7.38. The summed E-state index contributed by atoms with van der Waals surface area (Å²) in [7, 11) is -0.677. The molecule has 1 unspecified atom stereocenters. The molecule has 1 fully saturated rings. The van der Waals surface area contributed by atoms with Crippen molar-refractivity contribution in [2.75, 3.05) is 39.7 Å². The molecule has 7 nitrogen and oxygen atoms in total. The summed E-state index contributed by atoms with van der Waals surface area (Å²) >= 11 is 1.55. The van der Waals surface area contributed by atoms with E-state index in [0.717, 1.165) is 5.56 Å². The van der Waals surface area contributed by atoms with Gasteiger partial charge in [-0.2, -0.15) is 4.31 Å². The van der Waals surface area contributed by atoms with Crippen LogP contribution in [0.3, 0.4) is 0 Å². The second kappa shape index (κ2) is 9.80. The van der Waals surface area contributed by atoms with Crippen molar-refractivity contribution in [2.45, 2.75) is 24.1 Å². The van der Waals surface area contributed by atoms with Gasteiger partial charge in [0.05, 0.1) is 32.8 Å². The van der Waals surface area contributed by atoms with Crippen LogP contribution in [0.2, 0.25) is 0 Å². The molecule has 2 aromatic carbocycles. The summed E-state index contributed by atoms with van der Waals surface area (Å²) in [6.07, 6.45) is 0. The molecular weight excluding hydrogens is 426 g/mol. The van der Waals surface area contributed by atoms with Gasteiger partial charge < -0.3 is 18.9 Å². The molecule has 0 saturated carbocycles. The minimum Gasteiger partial charge on any atom is -0.497 e. The van der Waals surface area contributed by atoms with Crippen LogP contribution in [0.1, 0.15) is 24.8 Å². The number of nitrogens with zero attached hydrogens (tertiary/aromatic N) is 1. The third kappa shape index (κ3) is 4.48. The zero-order valence-corrected chi connectivity index (χ0v) is 19.2. The molecule has 0 radical (unpaired) electrons. The smallest absolute Gasteiger partial charge is 0.248 e. The summed E-state index contributed by atoms with van der Waals surface area (Å²) in [6.45, 7) is 4.91. The van der Waals surface area contributed by atoms with Crippen molar-refractivity contribution >= 4 is 21.8 Å². The Morgan fingerprint density at radius 3 is 2.37 bits per heavy atom. The first-order chi connectivity index (χ1) is 14.5. The highest BCUT2D eigenvalue weighted by atomic mass is 32.2. The van der Waals surface area contributed by atoms with Crippen LogP contribution in [-0.4, -0.2) is 52.5 Å². The highest BCUT2D eigenvalue weighted by Gasteiger charge is 2.39. The lowest BCUT2D eigenvalue weighted by atomic mass is 10.2. The highest BCUT2D eigenvalue weighted by Crippen LogP contribution is 2.46. The molecule has 3 rings (SSSR count). The standard InChI is InChI=1S/C21H27NO6S2/c1-5-27-16-8-10-20(19(14-16)28-6-2)30(23,24)22-11-12-29-21(22)17-13-15(25-3)7-9-18(17)26-4/h7-10,13-14,21H,5-6,11-12H2,1-4H3. The predicted molar refractivity (Wildman–Crippen MR) is 117 cm³/mol. The average Bonchev–Trinajstić information content (AvgIpc) is 3.24. The van der Waals surface area contributed by atoms with Crippen LogP contribution in [0.5, 0.6) is 23.0 Å². The molecule has 1 saturated heterocycles. The van der Waals surface area contributed by atoms with Crippen molar-refractivity contribution in [3.05, 3.63) is 42.0 Å². The highest BCUT2D eigenvalue weighted by molar-refractivity contribution is 8.01. The SMILES string of the molecule is CCOc1ccc(S(=O)(=O)N2CCSC2c2cc(OC)ccc2OC)c(OCC)c1. The predicted octanol–water partition coefficient (Wildman–Crippen LogP) is 3.94. The second-order valence-electron chi connectivity index (χ2n) is 6.42. The van der Waals surface area contributed by atoms with Crippen LogP contribution >= 0.6 is 11.8 Å². The van der Waals surface area contributed by atoms with E-state index in [1.54, 1.807) is 56.3 Å². The maximum Gasteiger partial charge on any atom is 0.248 e. The van der Waals surface area contributed by atoms with E-state index >= 15 is 0 Å². The fraction of sp³-hybridized carbons (Fsp3) is 0.429. The number of sulfonamides is 1. The van der Waals surface area contributed by atoms with Gasteiger partial charge in [-0.15, -0.1) is 11.8 Å². The zero-order chi connectivity index (χ0) is 21.7. The Labute approximate surface area is 182 Å². The summed E-state index contributed by atoms with van der Waals surface area (Å²) in [4.78, 5) is 0.127. The number of benzene rings is 2. The Morgan fingerprint density at radius 2 is 1.70 bits per heavy atom. The fourth-order valence-electron chi connectivity index (χ4n) is 3.33. The third-order valence-corrected chi connectivity index (χ3v) is 7.94. The first-order valence-corrected chi connectivity index (χ1v) is 12.2. The topological polar surface area (TPSA) is 74.3 Å². The van der Waals surface area contributed by atoms with E-state index in [4.69, 9.17) is 18.9 Å². The van der Waals surface area contributed by atoms with E-state index in [1.807, 2.05) is 19.9 Å². The van der Waals surface area contributed by atoms with Crippen LogP contribution in [0.25, 0.3) is 0 Å². The number of ether oxygens (including phenoxy) is 4. The van der Waals surface area contributed by atoms with Gasteiger partial charge in [-0.25, -0.2) is 8.42 Å². The lowest BCUT2D eigenvalue weighted by Crippen LogP contribution is -2.31. The summed E-state index contributed by atoms with van der Waals surface area (Å²) in [6, 6.07) is 10.2. The Balaban J connectivity index is 2.04. The largest absolute Gasteiger partial charge is 0.497 e. The monoisotopic (exact) mass is 453 g/mol. The Morgan fingerprint density at radius 1 is 0.967 bits per heavy atom. The number of hydrogen-bond donors (Lipinski definition) is 0. The Hall–Kier alpha value is -2.10. The van der Waals surface area contributed by atoms with Crippen molar-refractivity contribution in [2.24, 2.45) is 0 Å². The maximum absolute atomic E-state index is 13.7. The quantitative estimate of drug-likeness (QED) is 0.569. The lowest BCUT2D eigenvalue weighted by molar-refractivity contribution is 0.315. The van der Waals surface area contributed by atoms with E-state index in [0.29, 0.717) is 42.8 Å². The number of thioether (sulfide) groups is 1. The van der Waals surface area contributed by atoms with E-state index in [2.05, 4.69) is 0 Å². The molecule has 1 heterocycles. The first kappa shape index (κ1) is 22.6. The van der Waals surface area contributed by atoms with Crippen molar-refractivity contribution in [3.8, 4) is 23.0 Å². The molecule has 9 heteroatoms. The van der Waals surface area contributed by atoms with Crippen LogP contribution in [-0.2, 0) is 10.0 Å². The van der Waals surface area contributed by atoms with Crippen LogP contribution < -0.4 is 18.9 Å². The van der Waals surface area contributed by atoms with Crippen molar-refractivity contribution < 1.29 is 27.4 Å². The molecule has 0 N–H and O–H groups in total. The maximum atomic E-state index is 13.7. The van der Waals surface area contributed by atoms with Gasteiger partial charge in [0.15, 0.2) is 0 Å². The minimum atomic E-state index is -3.83. The molecule has 1 atom stereocenters. The summed E-state index contributed by atoms with van der Waals surface area (Å²) in [5, 5.41) is -0.430. The summed E-state index contributed by atoms with van der Waals surface area (Å²) in [5.41, 5.74) is 0.756. The van der Waals surface area contributed by atoms with Gasteiger partial charge in [0.2, 0.25) is 10.0 Å². The van der Waals surface area contributed by atoms with Gasteiger partial charge in [0, 0.05) is 23.9 Å². The number of hydrogen-bond acceptors (Lipinski definition) is 7. The van der Waals surface area contributed by atoms with Crippen molar-refractivity contribution in [1.29, 1.82) is 0 Å². The van der Waals surface area contributed by atoms with Gasteiger partial charge in [-0.05, 0) is 44.2 Å².